The number of aliphatic hydroxyl groups is 1. The molecule has 4 aromatic rings. The fraction of sp³-hybridized carbons (Fsp3) is 0.371. The lowest BCUT2D eigenvalue weighted by Crippen LogP contribution is -2.52. The minimum Gasteiger partial charge on any atom is -0.455 e. The molecule has 2 N–H and O–H groups in total. The Balaban J connectivity index is 1.54. The van der Waals surface area contributed by atoms with E-state index in [1.807, 2.05) is 38.1 Å². The lowest BCUT2D eigenvalue weighted by molar-refractivity contribution is -0.133. The van der Waals surface area contributed by atoms with Gasteiger partial charge in [-0.3, -0.25) is 9.59 Å². The normalized spacial score (nSPS) is 19.2. The van der Waals surface area contributed by atoms with Crippen molar-refractivity contribution >= 4 is 22.7 Å². The van der Waals surface area contributed by atoms with Crippen LogP contribution in [-0.2, 0) is 13.0 Å². The van der Waals surface area contributed by atoms with E-state index in [0.29, 0.717) is 62.1 Å². The number of aryl methyl sites for hydroxylation is 3. The van der Waals surface area contributed by atoms with E-state index >= 15 is 0 Å². The van der Waals surface area contributed by atoms with Crippen LogP contribution in [0, 0.1) is 25.2 Å². The summed E-state index contributed by atoms with van der Waals surface area (Å²) < 4.78 is 46.6. The average Bonchev–Trinajstić information content (AvgIpc) is 3.30. The fourth-order valence-corrected chi connectivity index (χ4v) is 6.94. The Hall–Kier alpha value is -3.91. The number of nitrogens with one attached hydrogen (secondary N) is 1. The Morgan fingerprint density at radius 1 is 1.00 bits per heavy atom. The number of aliphatic hydroxyl groups excluding tert-OH is 1. The lowest BCUT2D eigenvalue weighted by atomic mass is 9.43. The van der Waals surface area contributed by atoms with Crippen LogP contribution < -0.4 is 5.32 Å². The van der Waals surface area contributed by atoms with Gasteiger partial charge in [0.15, 0.2) is 5.78 Å². The standard InChI is InChI=1S/C35H34F3NO4/c1-19-4-6-22(7-5-19)32-31(33(42)39-3)28-13-26(23(11-30(28)43-32)8-9-35(36,37)38)25-12-27(24(18-40)10-20(25)2)29(41)17-34-14-21(15-34)16-34/h4-7,10-13,21,40H,8-9,14-18H2,1-3H3,(H,39,42). The SMILES string of the molecule is CNC(=O)c1c(-c2ccc(C)cc2)oc2cc(CCC(F)(F)F)c(-c3cc(C(=O)CC45CC(C4)C5)c(CO)cc3C)cc12. The van der Waals surface area contributed by atoms with Gasteiger partial charge in [0.05, 0.1) is 12.2 Å². The number of benzene rings is 3. The lowest BCUT2D eigenvalue weighted by Gasteiger charge is -2.62. The zero-order chi connectivity index (χ0) is 30.7. The smallest absolute Gasteiger partial charge is 0.389 e. The summed E-state index contributed by atoms with van der Waals surface area (Å²) in [5, 5.41) is 13.3. The summed E-state index contributed by atoms with van der Waals surface area (Å²) in [5.74, 6) is 0.605. The first-order valence-corrected chi connectivity index (χ1v) is 14.6. The summed E-state index contributed by atoms with van der Waals surface area (Å²) in [6.45, 7) is 3.44. The van der Waals surface area contributed by atoms with E-state index in [1.54, 1.807) is 24.3 Å². The number of furan rings is 1. The molecule has 224 valence electrons. The molecule has 1 amide bonds. The quantitative estimate of drug-likeness (QED) is 0.193. The third-order valence-electron chi connectivity index (χ3n) is 9.27. The molecular weight excluding hydrogens is 555 g/mol. The third-order valence-corrected chi connectivity index (χ3v) is 9.27. The highest BCUT2D eigenvalue weighted by Crippen LogP contribution is 2.66. The summed E-state index contributed by atoms with van der Waals surface area (Å²) in [5.41, 5.74) is 5.45. The molecule has 43 heavy (non-hydrogen) atoms. The molecule has 5 nitrogen and oxygen atoms in total. The van der Waals surface area contributed by atoms with E-state index in [0.717, 1.165) is 30.7 Å². The number of carbonyl (C=O) groups excluding carboxylic acids is 2. The van der Waals surface area contributed by atoms with E-state index in [4.69, 9.17) is 4.42 Å². The zero-order valence-electron chi connectivity index (χ0n) is 24.5. The Kier molecular flexibility index (Phi) is 7.24. The van der Waals surface area contributed by atoms with Crippen molar-refractivity contribution < 1.29 is 32.3 Å². The van der Waals surface area contributed by atoms with Gasteiger partial charge in [-0.1, -0.05) is 35.9 Å². The van der Waals surface area contributed by atoms with Crippen molar-refractivity contribution in [3.63, 3.8) is 0 Å². The number of halogens is 3. The maximum absolute atomic E-state index is 13.5. The molecule has 2 bridgehead atoms. The number of carbonyl (C=O) groups is 2. The number of alkyl halides is 3. The molecule has 3 fully saturated rings. The Morgan fingerprint density at radius 2 is 1.70 bits per heavy atom. The number of hydrogen-bond donors (Lipinski definition) is 2. The second-order valence-corrected chi connectivity index (χ2v) is 12.4. The van der Waals surface area contributed by atoms with Crippen LogP contribution in [0.1, 0.15) is 75.1 Å². The number of fused-ring (bicyclic) bond motifs is 1. The summed E-state index contributed by atoms with van der Waals surface area (Å²) in [4.78, 5) is 26.8. The zero-order valence-corrected chi connectivity index (χ0v) is 24.5. The van der Waals surface area contributed by atoms with Crippen molar-refractivity contribution in [2.24, 2.45) is 11.3 Å². The largest absolute Gasteiger partial charge is 0.455 e. The van der Waals surface area contributed by atoms with Crippen LogP contribution in [0.5, 0.6) is 0 Å². The predicted octanol–water partition coefficient (Wildman–Crippen LogP) is 8.10. The van der Waals surface area contributed by atoms with Crippen molar-refractivity contribution in [2.45, 2.75) is 65.2 Å². The van der Waals surface area contributed by atoms with Gasteiger partial charge >= 0.3 is 6.18 Å². The Morgan fingerprint density at radius 3 is 2.28 bits per heavy atom. The first kappa shape index (κ1) is 29.2. The van der Waals surface area contributed by atoms with Gasteiger partial charge < -0.3 is 14.8 Å². The van der Waals surface area contributed by atoms with Crippen LogP contribution >= 0.6 is 0 Å². The summed E-state index contributed by atoms with van der Waals surface area (Å²) in [6, 6.07) is 14.2. The molecule has 3 aliphatic carbocycles. The van der Waals surface area contributed by atoms with Gasteiger partial charge in [0.1, 0.15) is 11.3 Å². The monoisotopic (exact) mass is 589 g/mol. The topological polar surface area (TPSA) is 79.5 Å². The predicted molar refractivity (Wildman–Crippen MR) is 159 cm³/mol. The Labute approximate surface area is 248 Å². The summed E-state index contributed by atoms with van der Waals surface area (Å²) in [7, 11) is 1.51. The minimum atomic E-state index is -4.38. The molecule has 0 saturated heterocycles. The molecule has 0 spiro atoms. The van der Waals surface area contributed by atoms with E-state index in [-0.39, 0.29) is 35.7 Å². The molecule has 0 radical (unpaired) electrons. The second-order valence-electron chi connectivity index (χ2n) is 12.4. The van der Waals surface area contributed by atoms with Gasteiger partial charge in [0.2, 0.25) is 0 Å². The van der Waals surface area contributed by atoms with E-state index in [1.165, 1.54) is 7.05 Å². The maximum atomic E-state index is 13.5. The molecule has 3 saturated carbocycles. The molecule has 0 aliphatic heterocycles. The molecule has 7 rings (SSSR count). The number of ketones is 1. The molecule has 3 aromatic carbocycles. The van der Waals surface area contributed by atoms with Crippen molar-refractivity contribution in [1.29, 1.82) is 0 Å². The summed E-state index contributed by atoms with van der Waals surface area (Å²) >= 11 is 0. The van der Waals surface area contributed by atoms with Gasteiger partial charge in [-0.25, -0.2) is 0 Å². The second kappa shape index (κ2) is 10.7. The third kappa shape index (κ3) is 5.37. The molecule has 1 aromatic heterocycles. The van der Waals surface area contributed by atoms with E-state index in [2.05, 4.69) is 5.32 Å². The van der Waals surface area contributed by atoms with Crippen LogP contribution in [0.15, 0.2) is 52.9 Å². The van der Waals surface area contributed by atoms with Crippen LogP contribution in [0.2, 0.25) is 0 Å². The van der Waals surface area contributed by atoms with Crippen LogP contribution in [0.3, 0.4) is 0 Å². The molecule has 0 unspecified atom stereocenters. The van der Waals surface area contributed by atoms with Gasteiger partial charge in [-0.05, 0) is 96.9 Å². The van der Waals surface area contributed by atoms with Gasteiger partial charge in [-0.15, -0.1) is 0 Å². The highest BCUT2D eigenvalue weighted by atomic mass is 19.4. The molecule has 0 atom stereocenters. The van der Waals surface area contributed by atoms with Gasteiger partial charge in [0.25, 0.3) is 5.91 Å². The number of Topliss-reactive ketones (excluding diaryl/α,β-unsaturated/α-hetero) is 1. The average molecular weight is 590 g/mol. The first-order chi connectivity index (χ1) is 20.4. The minimum absolute atomic E-state index is 0.0574. The van der Waals surface area contributed by atoms with Gasteiger partial charge in [0, 0.05) is 36.4 Å². The molecular formula is C35H34F3NO4. The van der Waals surface area contributed by atoms with E-state index in [9.17, 15) is 27.9 Å². The van der Waals surface area contributed by atoms with E-state index < -0.39 is 12.6 Å². The van der Waals surface area contributed by atoms with Crippen molar-refractivity contribution in [3.8, 4) is 22.5 Å². The van der Waals surface area contributed by atoms with Crippen molar-refractivity contribution in [3.05, 3.63) is 81.9 Å². The molecule has 8 heteroatoms. The highest BCUT2D eigenvalue weighted by Gasteiger charge is 2.57. The maximum Gasteiger partial charge on any atom is 0.389 e. The Bertz CT molecular complexity index is 1730. The fourth-order valence-electron chi connectivity index (χ4n) is 6.94. The molecule has 3 aliphatic rings. The number of rotatable bonds is 9. The van der Waals surface area contributed by atoms with Crippen LogP contribution in [0.25, 0.3) is 33.4 Å². The number of amides is 1. The summed E-state index contributed by atoms with van der Waals surface area (Å²) in [6.07, 6.45) is -2.16. The van der Waals surface area contributed by atoms with Crippen molar-refractivity contribution in [1.82, 2.24) is 5.32 Å². The van der Waals surface area contributed by atoms with Crippen LogP contribution in [0.4, 0.5) is 13.2 Å². The van der Waals surface area contributed by atoms with Crippen LogP contribution in [-0.4, -0.2) is 30.0 Å². The number of hydrogen-bond acceptors (Lipinski definition) is 4. The molecule has 1 heterocycles. The van der Waals surface area contributed by atoms with Crippen molar-refractivity contribution in [2.75, 3.05) is 7.05 Å². The first-order valence-electron chi connectivity index (χ1n) is 14.6. The highest BCUT2D eigenvalue weighted by molar-refractivity contribution is 6.12. The van der Waals surface area contributed by atoms with Gasteiger partial charge in [-0.2, -0.15) is 13.2 Å².